The van der Waals surface area contributed by atoms with E-state index in [0.717, 1.165) is 23.3 Å². The van der Waals surface area contributed by atoms with E-state index in [1.54, 1.807) is 11.0 Å². The van der Waals surface area contributed by atoms with E-state index in [-0.39, 0.29) is 25.1 Å². The zero-order chi connectivity index (χ0) is 22.1. The highest BCUT2D eigenvalue weighted by Crippen LogP contribution is 2.35. The van der Waals surface area contributed by atoms with Crippen LogP contribution in [0, 0.1) is 17.6 Å². The van der Waals surface area contributed by atoms with Crippen molar-refractivity contribution in [1.82, 2.24) is 15.0 Å². The number of rotatable bonds is 4. The third-order valence-corrected chi connectivity index (χ3v) is 6.31. The molecule has 0 radical (unpaired) electrons. The smallest absolute Gasteiger partial charge is 0.252 e. The molecule has 4 rings (SSSR count). The zero-order valence-corrected chi connectivity index (χ0v) is 17.5. The second kappa shape index (κ2) is 9.01. The molecule has 0 saturated carbocycles. The Kier molecular flexibility index (Phi) is 6.35. The highest BCUT2D eigenvalue weighted by atomic mass is 32.2. The van der Waals surface area contributed by atoms with Crippen LogP contribution in [0.15, 0.2) is 35.6 Å². The summed E-state index contributed by atoms with van der Waals surface area (Å²) in [6.07, 6.45) is 1.84. The van der Waals surface area contributed by atoms with Crippen molar-refractivity contribution in [2.75, 3.05) is 30.9 Å². The van der Waals surface area contributed by atoms with E-state index in [9.17, 15) is 18.1 Å². The Hall–Kier alpha value is -2.37. The highest BCUT2D eigenvalue weighted by molar-refractivity contribution is 7.90. The highest BCUT2D eigenvalue weighted by Gasteiger charge is 2.42. The minimum atomic E-state index is -1.50. The summed E-state index contributed by atoms with van der Waals surface area (Å²) < 4.78 is 53.9. The molecule has 3 heterocycles. The fraction of sp³-hybridized carbons (Fsp3) is 0.450. The van der Waals surface area contributed by atoms with Gasteiger partial charge in [-0.15, -0.1) is 0 Å². The number of hydrogen-bond donors (Lipinski definition) is 0. The molecule has 7 nitrogen and oxygen atoms in total. The molecule has 2 aliphatic rings. The minimum absolute atomic E-state index is 0.0731. The average molecular weight is 454 g/mol. The van der Waals surface area contributed by atoms with Gasteiger partial charge >= 0.3 is 0 Å². The second-order valence-corrected chi connectivity index (χ2v) is 8.86. The number of benzene rings is 1. The summed E-state index contributed by atoms with van der Waals surface area (Å²) in [5.41, 5.74) is 0.275. The normalized spacial score (nSPS) is 25.0. The number of piperidine rings is 1. The summed E-state index contributed by atoms with van der Waals surface area (Å²) >= 11 is -1.30. The molecule has 2 aromatic rings. The molecule has 31 heavy (non-hydrogen) atoms. The van der Waals surface area contributed by atoms with Gasteiger partial charge in [0.05, 0.1) is 31.2 Å². The average Bonchev–Trinajstić information content (AvgIpc) is 3.22. The van der Waals surface area contributed by atoms with E-state index in [0.29, 0.717) is 23.8 Å². The lowest BCUT2D eigenvalue weighted by Crippen LogP contribution is -2.49. The second-order valence-electron chi connectivity index (χ2n) is 7.53. The van der Waals surface area contributed by atoms with E-state index in [4.69, 9.17) is 4.84 Å². The van der Waals surface area contributed by atoms with Crippen molar-refractivity contribution in [3.63, 3.8) is 0 Å². The van der Waals surface area contributed by atoms with Crippen LogP contribution in [0.4, 0.5) is 19.0 Å². The van der Waals surface area contributed by atoms with Crippen LogP contribution in [-0.4, -0.2) is 57.6 Å². The van der Waals surface area contributed by atoms with Crippen molar-refractivity contribution in [1.29, 1.82) is 0 Å². The van der Waals surface area contributed by atoms with Gasteiger partial charge in [-0.05, 0) is 24.1 Å². The van der Waals surface area contributed by atoms with E-state index in [1.165, 1.54) is 12.6 Å². The first kappa shape index (κ1) is 21.8. The van der Waals surface area contributed by atoms with Crippen LogP contribution in [0.3, 0.4) is 0 Å². The van der Waals surface area contributed by atoms with Gasteiger partial charge in [-0.3, -0.25) is 9.63 Å². The number of carbonyl (C=O) groups excluding carboxylic acids is 1. The van der Waals surface area contributed by atoms with Crippen LogP contribution in [-0.2, 0) is 20.8 Å². The number of hydroxylamine groups is 2. The molecule has 1 aromatic heterocycles. The molecular formula is C20H21F3N4O3S. The molecule has 2 fully saturated rings. The van der Waals surface area contributed by atoms with Gasteiger partial charge in [0.1, 0.15) is 36.2 Å². The Bertz CT molecular complexity index is 947. The van der Waals surface area contributed by atoms with Gasteiger partial charge in [-0.25, -0.2) is 23.2 Å². The van der Waals surface area contributed by atoms with Gasteiger partial charge in [-0.1, -0.05) is 0 Å². The molecule has 1 aromatic carbocycles. The van der Waals surface area contributed by atoms with Crippen molar-refractivity contribution in [2.45, 2.75) is 30.1 Å². The number of amides is 1. The number of carbonyl (C=O) groups is 1. The Balaban J connectivity index is 1.47. The van der Waals surface area contributed by atoms with Gasteiger partial charge in [0.25, 0.3) is 5.91 Å². The third kappa shape index (κ3) is 4.63. The van der Waals surface area contributed by atoms with Gasteiger partial charge in [0.2, 0.25) is 5.03 Å². The van der Waals surface area contributed by atoms with Gasteiger partial charge < -0.3 is 9.45 Å². The van der Waals surface area contributed by atoms with Crippen molar-refractivity contribution < 1.29 is 27.4 Å². The minimum Gasteiger partial charge on any atom is -0.610 e. The summed E-state index contributed by atoms with van der Waals surface area (Å²) in [5.74, 6) is -2.54. The molecular weight excluding hydrogens is 433 g/mol. The lowest BCUT2D eigenvalue weighted by molar-refractivity contribution is -0.184. The van der Waals surface area contributed by atoms with Crippen LogP contribution in [0.1, 0.15) is 24.4 Å². The standard InChI is InChI=1S/C20H21F3N4O3S/c1-31(29)19-9-18(24-11-25-19)26-4-2-15(16(23)10-26)20(28)27-17(3-5-30-27)12-6-13(21)8-14(22)7-12/h6-9,11,15-17H,2-5,10H2,1H3/t15-,16+,17+,31-/m1/s1. The van der Waals surface area contributed by atoms with Crippen LogP contribution >= 0.6 is 0 Å². The molecule has 0 aliphatic carbocycles. The molecule has 0 spiro atoms. The monoisotopic (exact) mass is 454 g/mol. The fourth-order valence-corrected chi connectivity index (χ4v) is 4.44. The SMILES string of the molecule is C[S@@+]([O-])c1cc(N2CC[C@@H](C(=O)N3OCC[C@H]3c3cc(F)cc(F)c3)[C@@H](F)C2)ncn1. The Morgan fingerprint density at radius 2 is 1.94 bits per heavy atom. The van der Waals surface area contributed by atoms with Crippen molar-refractivity contribution in [3.8, 4) is 0 Å². The summed E-state index contributed by atoms with van der Waals surface area (Å²) in [7, 11) is 0. The molecule has 4 atom stereocenters. The van der Waals surface area contributed by atoms with Crippen LogP contribution in [0.25, 0.3) is 0 Å². The lowest BCUT2D eigenvalue weighted by atomic mass is 9.93. The molecule has 0 N–H and O–H groups in total. The molecule has 0 unspecified atom stereocenters. The van der Waals surface area contributed by atoms with Gasteiger partial charge in [-0.2, -0.15) is 4.98 Å². The number of alkyl halides is 1. The largest absolute Gasteiger partial charge is 0.610 e. The van der Waals surface area contributed by atoms with E-state index < -0.39 is 46.8 Å². The Labute approximate surface area is 180 Å². The van der Waals surface area contributed by atoms with E-state index in [2.05, 4.69) is 9.97 Å². The maximum absolute atomic E-state index is 15.0. The Morgan fingerprint density at radius 1 is 1.19 bits per heavy atom. The lowest BCUT2D eigenvalue weighted by Gasteiger charge is -2.36. The van der Waals surface area contributed by atoms with E-state index >= 15 is 4.39 Å². The van der Waals surface area contributed by atoms with Crippen LogP contribution in [0.2, 0.25) is 0 Å². The van der Waals surface area contributed by atoms with Crippen molar-refractivity contribution in [2.24, 2.45) is 5.92 Å². The predicted octanol–water partition coefficient (Wildman–Crippen LogP) is 2.56. The number of hydrogen-bond acceptors (Lipinski definition) is 6. The summed E-state index contributed by atoms with van der Waals surface area (Å²) in [5, 5.41) is 1.40. The molecule has 2 aliphatic heterocycles. The summed E-state index contributed by atoms with van der Waals surface area (Å²) in [6, 6.07) is 3.94. The van der Waals surface area contributed by atoms with Crippen molar-refractivity contribution >= 4 is 22.9 Å². The third-order valence-electron chi connectivity index (χ3n) is 5.50. The number of halogens is 3. The topological polar surface area (TPSA) is 81.6 Å². The number of nitrogens with zero attached hydrogens (tertiary/aromatic N) is 4. The number of anilines is 1. The quantitative estimate of drug-likeness (QED) is 0.522. The summed E-state index contributed by atoms with van der Waals surface area (Å²) in [6.45, 7) is 0.481. The summed E-state index contributed by atoms with van der Waals surface area (Å²) in [4.78, 5) is 28.2. The van der Waals surface area contributed by atoms with Crippen molar-refractivity contribution in [3.05, 3.63) is 47.8 Å². The maximum Gasteiger partial charge on any atom is 0.252 e. The molecule has 11 heteroatoms. The Morgan fingerprint density at radius 3 is 2.61 bits per heavy atom. The van der Waals surface area contributed by atoms with Gasteiger partial charge in [0.15, 0.2) is 0 Å². The molecule has 2 saturated heterocycles. The first-order valence-corrected chi connectivity index (χ1v) is 11.4. The molecule has 1 amide bonds. The predicted molar refractivity (Wildman–Crippen MR) is 106 cm³/mol. The van der Waals surface area contributed by atoms with Crippen LogP contribution < -0.4 is 4.90 Å². The van der Waals surface area contributed by atoms with E-state index in [1.807, 2.05) is 0 Å². The zero-order valence-electron chi connectivity index (χ0n) is 16.7. The maximum atomic E-state index is 15.0. The van der Waals surface area contributed by atoms with Crippen LogP contribution in [0.5, 0.6) is 0 Å². The first-order valence-electron chi connectivity index (χ1n) is 9.80. The first-order chi connectivity index (χ1) is 14.8. The molecule has 166 valence electrons. The van der Waals surface area contributed by atoms with Gasteiger partial charge in [0, 0.05) is 30.2 Å². The molecule has 0 bridgehead atoms. The number of aromatic nitrogens is 2. The fourth-order valence-electron chi connectivity index (χ4n) is 3.97.